The maximum atomic E-state index is 12.3. The number of urea groups is 1. The molecule has 172 valence electrons. The molecule has 0 aliphatic carbocycles. The molecule has 0 heterocycles. The van der Waals surface area contributed by atoms with Crippen molar-refractivity contribution in [1.82, 2.24) is 5.32 Å². The van der Waals surface area contributed by atoms with E-state index >= 15 is 0 Å². The van der Waals surface area contributed by atoms with Crippen LogP contribution in [0.15, 0.2) is 66.7 Å². The normalized spacial score (nSPS) is 10.5. The average molecular weight is 448 g/mol. The predicted molar refractivity (Wildman–Crippen MR) is 130 cm³/mol. The fraction of sp³-hybridized carbons (Fsp3) is 0.231. The number of benzene rings is 3. The van der Waals surface area contributed by atoms with Gasteiger partial charge in [0.15, 0.2) is 11.5 Å². The van der Waals surface area contributed by atoms with E-state index in [0.717, 1.165) is 24.0 Å². The van der Waals surface area contributed by atoms with Crippen LogP contribution < -0.4 is 25.8 Å². The maximum Gasteiger partial charge on any atom is 0.319 e. The molecule has 0 bridgehead atoms. The summed E-state index contributed by atoms with van der Waals surface area (Å²) in [6, 6.07) is 19.7. The van der Waals surface area contributed by atoms with E-state index in [0.29, 0.717) is 28.5 Å². The van der Waals surface area contributed by atoms with Gasteiger partial charge in [-0.3, -0.25) is 4.79 Å². The van der Waals surface area contributed by atoms with Gasteiger partial charge in [0.2, 0.25) is 5.91 Å². The molecule has 0 saturated carbocycles. The van der Waals surface area contributed by atoms with Gasteiger partial charge in [-0.25, -0.2) is 4.79 Å². The zero-order valence-corrected chi connectivity index (χ0v) is 19.1. The summed E-state index contributed by atoms with van der Waals surface area (Å²) < 4.78 is 11.7. The van der Waals surface area contributed by atoms with Crippen LogP contribution in [-0.4, -0.2) is 25.1 Å². The van der Waals surface area contributed by atoms with Crippen LogP contribution >= 0.6 is 0 Å². The minimum atomic E-state index is -0.474. The van der Waals surface area contributed by atoms with Gasteiger partial charge in [0.05, 0.1) is 7.11 Å². The second-order valence-corrected chi connectivity index (χ2v) is 7.52. The zero-order valence-electron chi connectivity index (χ0n) is 19.1. The Morgan fingerprint density at radius 1 is 0.909 bits per heavy atom. The fourth-order valence-electron chi connectivity index (χ4n) is 3.40. The second kappa shape index (κ2) is 11.0. The zero-order chi connectivity index (χ0) is 23.8. The number of hydrogen-bond acceptors (Lipinski definition) is 4. The first-order chi connectivity index (χ1) is 15.9. The Balaban J connectivity index is 1.81. The van der Waals surface area contributed by atoms with Gasteiger partial charge in [0.1, 0.15) is 5.75 Å². The largest absolute Gasteiger partial charge is 0.493 e. The minimum absolute atomic E-state index is 0.128. The van der Waals surface area contributed by atoms with Crippen molar-refractivity contribution in [3.05, 3.63) is 72.3 Å². The molecule has 7 heteroatoms. The van der Waals surface area contributed by atoms with Crippen LogP contribution in [0.1, 0.15) is 37.0 Å². The molecule has 0 spiro atoms. The van der Waals surface area contributed by atoms with E-state index in [9.17, 15) is 9.59 Å². The Hall–Kier alpha value is -4.00. The molecule has 0 aliphatic rings. The van der Waals surface area contributed by atoms with E-state index in [2.05, 4.69) is 10.6 Å². The van der Waals surface area contributed by atoms with Crippen molar-refractivity contribution in [1.29, 1.82) is 0 Å². The number of carbonyl (C=O) groups excluding carboxylic acids is 2. The standard InChI is InChI=1S/C26H29N3O4/c1-4-19(5-2)28-26(31)29-20-14-15-23(24(16-20)32-3)33-22-9-7-6-8-21(22)17-10-12-18(13-11-17)25(27)30/h6-16,19H,4-5H2,1-3H3,(H2,27,30)(H2,28,29,31). The lowest BCUT2D eigenvalue weighted by atomic mass is 10.0. The van der Waals surface area contributed by atoms with E-state index in [1.807, 2.05) is 50.2 Å². The molecule has 0 unspecified atom stereocenters. The van der Waals surface area contributed by atoms with E-state index in [1.165, 1.54) is 0 Å². The SMILES string of the molecule is CCC(CC)NC(=O)Nc1ccc(Oc2ccccc2-c2ccc(C(N)=O)cc2)c(OC)c1. The first kappa shape index (κ1) is 23.7. The summed E-state index contributed by atoms with van der Waals surface area (Å²) in [5, 5.41) is 5.78. The highest BCUT2D eigenvalue weighted by molar-refractivity contribution is 5.93. The molecule has 4 N–H and O–H groups in total. The Morgan fingerprint density at radius 3 is 2.24 bits per heavy atom. The van der Waals surface area contributed by atoms with Gasteiger partial charge in [-0.1, -0.05) is 44.2 Å². The highest BCUT2D eigenvalue weighted by Crippen LogP contribution is 2.38. The van der Waals surface area contributed by atoms with Crippen molar-refractivity contribution >= 4 is 17.6 Å². The van der Waals surface area contributed by atoms with Gasteiger partial charge in [0, 0.05) is 28.9 Å². The molecular weight excluding hydrogens is 418 g/mol. The molecule has 0 fully saturated rings. The van der Waals surface area contributed by atoms with Crippen LogP contribution in [0.5, 0.6) is 17.2 Å². The highest BCUT2D eigenvalue weighted by atomic mass is 16.5. The fourth-order valence-corrected chi connectivity index (χ4v) is 3.40. The third kappa shape index (κ3) is 6.04. The molecule has 33 heavy (non-hydrogen) atoms. The molecule has 0 atom stereocenters. The molecular formula is C26H29N3O4. The third-order valence-corrected chi connectivity index (χ3v) is 5.33. The summed E-state index contributed by atoms with van der Waals surface area (Å²) in [5.74, 6) is 1.13. The summed E-state index contributed by atoms with van der Waals surface area (Å²) in [6.07, 6.45) is 1.73. The summed E-state index contributed by atoms with van der Waals surface area (Å²) >= 11 is 0. The summed E-state index contributed by atoms with van der Waals surface area (Å²) in [7, 11) is 1.55. The van der Waals surface area contributed by atoms with Crippen LogP contribution in [0.4, 0.5) is 10.5 Å². The first-order valence-electron chi connectivity index (χ1n) is 10.9. The van der Waals surface area contributed by atoms with Crippen LogP contribution in [-0.2, 0) is 0 Å². The predicted octanol–water partition coefficient (Wildman–Crippen LogP) is 5.56. The van der Waals surface area contributed by atoms with E-state index in [4.69, 9.17) is 15.2 Å². The van der Waals surface area contributed by atoms with Crippen molar-refractivity contribution in [2.75, 3.05) is 12.4 Å². The number of nitrogens with one attached hydrogen (secondary N) is 2. The number of carbonyl (C=O) groups is 2. The Labute approximate surface area is 193 Å². The van der Waals surface area contributed by atoms with E-state index in [1.54, 1.807) is 37.4 Å². The number of primary amides is 1. The quantitative estimate of drug-likeness (QED) is 0.399. The average Bonchev–Trinajstić information content (AvgIpc) is 2.83. The van der Waals surface area contributed by atoms with Gasteiger partial charge in [-0.15, -0.1) is 0 Å². The molecule has 3 aromatic carbocycles. The van der Waals surface area contributed by atoms with Crippen molar-refractivity contribution in [3.8, 4) is 28.4 Å². The molecule has 0 aromatic heterocycles. The highest BCUT2D eigenvalue weighted by Gasteiger charge is 2.14. The Morgan fingerprint density at radius 2 is 1.61 bits per heavy atom. The van der Waals surface area contributed by atoms with Crippen molar-refractivity contribution in [2.24, 2.45) is 5.73 Å². The van der Waals surface area contributed by atoms with Gasteiger partial charge < -0.3 is 25.8 Å². The Bertz CT molecular complexity index is 1110. The van der Waals surface area contributed by atoms with E-state index < -0.39 is 5.91 Å². The summed E-state index contributed by atoms with van der Waals surface area (Å²) in [5.41, 5.74) is 8.10. The van der Waals surface area contributed by atoms with Crippen molar-refractivity contribution in [3.63, 3.8) is 0 Å². The lowest BCUT2D eigenvalue weighted by molar-refractivity contribution is 0.1000. The molecule has 0 radical (unpaired) electrons. The lowest BCUT2D eigenvalue weighted by Gasteiger charge is -2.17. The summed E-state index contributed by atoms with van der Waals surface area (Å²) in [6.45, 7) is 4.07. The number of amides is 3. The summed E-state index contributed by atoms with van der Waals surface area (Å²) in [4.78, 5) is 23.6. The molecule has 3 amide bonds. The Kier molecular flexibility index (Phi) is 7.91. The number of anilines is 1. The van der Waals surface area contributed by atoms with Crippen molar-refractivity contribution in [2.45, 2.75) is 32.7 Å². The number of methoxy groups -OCH3 is 1. The van der Waals surface area contributed by atoms with Gasteiger partial charge in [0.25, 0.3) is 0 Å². The van der Waals surface area contributed by atoms with Crippen molar-refractivity contribution < 1.29 is 19.1 Å². The molecule has 3 aromatic rings. The smallest absolute Gasteiger partial charge is 0.319 e. The second-order valence-electron chi connectivity index (χ2n) is 7.52. The molecule has 0 saturated heterocycles. The topological polar surface area (TPSA) is 103 Å². The van der Waals surface area contributed by atoms with Gasteiger partial charge in [-0.05, 0) is 48.7 Å². The van der Waals surface area contributed by atoms with Crippen LogP contribution in [0.25, 0.3) is 11.1 Å². The monoisotopic (exact) mass is 447 g/mol. The number of ether oxygens (including phenoxy) is 2. The van der Waals surface area contributed by atoms with Gasteiger partial charge in [-0.2, -0.15) is 0 Å². The van der Waals surface area contributed by atoms with Gasteiger partial charge >= 0.3 is 6.03 Å². The number of hydrogen-bond donors (Lipinski definition) is 3. The lowest BCUT2D eigenvalue weighted by Crippen LogP contribution is -2.37. The first-order valence-corrected chi connectivity index (χ1v) is 10.9. The number of rotatable bonds is 9. The molecule has 0 aliphatic heterocycles. The molecule has 3 rings (SSSR count). The van der Waals surface area contributed by atoms with E-state index in [-0.39, 0.29) is 12.1 Å². The number of nitrogens with two attached hydrogens (primary N) is 1. The number of para-hydroxylation sites is 1. The van der Waals surface area contributed by atoms with Crippen LogP contribution in [0.3, 0.4) is 0 Å². The molecule has 7 nitrogen and oxygen atoms in total. The third-order valence-electron chi connectivity index (χ3n) is 5.33. The maximum absolute atomic E-state index is 12.3. The van der Waals surface area contributed by atoms with Crippen LogP contribution in [0.2, 0.25) is 0 Å². The van der Waals surface area contributed by atoms with Crippen LogP contribution in [0, 0.1) is 0 Å². The minimum Gasteiger partial charge on any atom is -0.493 e.